The van der Waals surface area contributed by atoms with E-state index in [0.29, 0.717) is 16.0 Å². The van der Waals surface area contributed by atoms with E-state index in [2.05, 4.69) is 15.3 Å². The third-order valence-electron chi connectivity index (χ3n) is 3.81. The van der Waals surface area contributed by atoms with Crippen LogP contribution in [0.2, 0.25) is 5.02 Å². The number of amides is 1. The smallest absolute Gasteiger partial charge is 0.230 e. The first-order valence-corrected chi connectivity index (χ1v) is 9.65. The Labute approximate surface area is 157 Å². The lowest BCUT2D eigenvalue weighted by molar-refractivity contribution is -0.119. The van der Waals surface area contributed by atoms with Gasteiger partial charge in [-0.15, -0.1) is 0 Å². The number of nitrogens with two attached hydrogens (primary N) is 1. The molecule has 0 spiro atoms. The summed E-state index contributed by atoms with van der Waals surface area (Å²) >= 11 is 7.25. The van der Waals surface area contributed by atoms with Gasteiger partial charge in [0.2, 0.25) is 5.91 Å². The summed E-state index contributed by atoms with van der Waals surface area (Å²) in [5.41, 5.74) is 8.80. The summed E-state index contributed by atoms with van der Waals surface area (Å²) in [6, 6.07) is 7.61. The number of aromatic nitrogens is 2. The summed E-state index contributed by atoms with van der Waals surface area (Å²) in [7, 11) is 0. The van der Waals surface area contributed by atoms with E-state index in [9.17, 15) is 4.79 Å². The summed E-state index contributed by atoms with van der Waals surface area (Å²) in [6.45, 7) is 6.03. The van der Waals surface area contributed by atoms with Gasteiger partial charge in [-0.2, -0.15) is 0 Å². The monoisotopic (exact) mass is 378 g/mol. The number of hydrogen-bond donors (Lipinski definition) is 2. The van der Waals surface area contributed by atoms with Crippen molar-refractivity contribution in [1.82, 2.24) is 15.3 Å². The highest BCUT2D eigenvalue weighted by Crippen LogP contribution is 2.30. The lowest BCUT2D eigenvalue weighted by Crippen LogP contribution is -2.33. The Kier molecular flexibility index (Phi) is 7.08. The number of halogens is 1. The van der Waals surface area contributed by atoms with Gasteiger partial charge in [-0.25, -0.2) is 9.97 Å². The minimum Gasteiger partial charge on any atom is -0.383 e. The van der Waals surface area contributed by atoms with Crippen molar-refractivity contribution >= 4 is 35.1 Å². The van der Waals surface area contributed by atoms with E-state index in [1.54, 1.807) is 0 Å². The van der Waals surface area contributed by atoms with Crippen LogP contribution < -0.4 is 11.1 Å². The third kappa shape index (κ3) is 5.34. The second-order valence-electron chi connectivity index (χ2n) is 5.74. The summed E-state index contributed by atoms with van der Waals surface area (Å²) in [5, 5.41) is 4.11. The van der Waals surface area contributed by atoms with Gasteiger partial charge in [0.1, 0.15) is 5.82 Å². The molecule has 3 N–H and O–H groups in total. The van der Waals surface area contributed by atoms with Crippen LogP contribution in [0, 0.1) is 0 Å². The van der Waals surface area contributed by atoms with Gasteiger partial charge >= 0.3 is 0 Å². The summed E-state index contributed by atoms with van der Waals surface area (Å²) in [4.78, 5) is 20.9. The average molecular weight is 379 g/mol. The van der Waals surface area contributed by atoms with Crippen molar-refractivity contribution in [3.05, 3.63) is 35.0 Å². The predicted molar refractivity (Wildman–Crippen MR) is 105 cm³/mol. The van der Waals surface area contributed by atoms with Crippen LogP contribution in [0.5, 0.6) is 0 Å². The number of nitrogen functional groups attached to an aromatic ring is 1. The van der Waals surface area contributed by atoms with Crippen LogP contribution in [0.15, 0.2) is 29.4 Å². The molecule has 0 unspecified atom stereocenters. The average Bonchev–Trinajstić information content (AvgIpc) is 2.60. The number of carbonyl (C=O) groups excluding carboxylic acids is 1. The van der Waals surface area contributed by atoms with E-state index >= 15 is 0 Å². The number of carbonyl (C=O) groups is 1. The summed E-state index contributed by atoms with van der Waals surface area (Å²) < 4.78 is 0. The largest absolute Gasteiger partial charge is 0.383 e. The molecule has 1 heterocycles. The molecule has 0 aliphatic heterocycles. The van der Waals surface area contributed by atoms with Crippen LogP contribution in [-0.4, -0.2) is 27.7 Å². The van der Waals surface area contributed by atoms with E-state index in [-0.39, 0.29) is 17.7 Å². The van der Waals surface area contributed by atoms with Crippen molar-refractivity contribution in [3.8, 4) is 11.1 Å². The molecule has 0 radical (unpaired) electrons. The van der Waals surface area contributed by atoms with Crippen LogP contribution in [0.1, 0.15) is 32.9 Å². The maximum absolute atomic E-state index is 11.9. The Morgan fingerprint density at radius 2 is 1.96 bits per heavy atom. The van der Waals surface area contributed by atoms with Crippen molar-refractivity contribution in [2.45, 2.75) is 44.8 Å². The second kappa shape index (κ2) is 9.06. The molecule has 0 bridgehead atoms. The zero-order valence-corrected chi connectivity index (χ0v) is 16.2. The first kappa shape index (κ1) is 19.5. The zero-order chi connectivity index (χ0) is 18.4. The molecule has 0 saturated heterocycles. The van der Waals surface area contributed by atoms with Gasteiger partial charge in [0.25, 0.3) is 0 Å². The highest BCUT2D eigenvalue weighted by atomic mass is 35.5. The van der Waals surface area contributed by atoms with Gasteiger partial charge in [-0.1, -0.05) is 49.3 Å². The highest BCUT2D eigenvalue weighted by molar-refractivity contribution is 7.99. The summed E-state index contributed by atoms with van der Waals surface area (Å²) in [5.74, 6) is 0.660. The highest BCUT2D eigenvalue weighted by Gasteiger charge is 2.15. The first-order valence-electron chi connectivity index (χ1n) is 8.29. The molecule has 0 aliphatic rings. The molecule has 134 valence electrons. The molecule has 1 atom stereocenters. The quantitative estimate of drug-likeness (QED) is 0.563. The molecule has 25 heavy (non-hydrogen) atoms. The minimum atomic E-state index is -0.0265. The fourth-order valence-corrected chi connectivity index (χ4v) is 3.11. The number of benzene rings is 1. The van der Waals surface area contributed by atoms with Gasteiger partial charge in [0.15, 0.2) is 5.16 Å². The molecular weight excluding hydrogens is 356 g/mol. The van der Waals surface area contributed by atoms with Crippen molar-refractivity contribution in [3.63, 3.8) is 0 Å². The second-order valence-corrected chi connectivity index (χ2v) is 7.12. The number of nitrogens with zero attached hydrogens (tertiary/aromatic N) is 2. The molecular formula is C18H23ClN4OS. The van der Waals surface area contributed by atoms with Crippen LogP contribution in [0.4, 0.5) is 5.82 Å². The topological polar surface area (TPSA) is 80.9 Å². The number of hydrogen-bond acceptors (Lipinski definition) is 5. The fourth-order valence-electron chi connectivity index (χ4n) is 2.30. The van der Waals surface area contributed by atoms with Gasteiger partial charge in [0, 0.05) is 16.6 Å². The lowest BCUT2D eigenvalue weighted by Gasteiger charge is -2.13. The van der Waals surface area contributed by atoms with Crippen molar-refractivity contribution in [2.24, 2.45) is 0 Å². The van der Waals surface area contributed by atoms with Crippen LogP contribution in [-0.2, 0) is 11.2 Å². The Bertz CT molecular complexity index is 737. The van der Waals surface area contributed by atoms with E-state index in [1.165, 1.54) is 11.8 Å². The molecule has 1 aromatic carbocycles. The molecule has 0 saturated carbocycles. The maximum atomic E-state index is 11.9. The Balaban J connectivity index is 2.19. The molecule has 7 heteroatoms. The molecule has 5 nitrogen and oxygen atoms in total. The Morgan fingerprint density at radius 1 is 1.28 bits per heavy atom. The normalized spacial score (nSPS) is 12.0. The predicted octanol–water partition coefficient (Wildman–Crippen LogP) is 3.95. The maximum Gasteiger partial charge on any atom is 0.230 e. The number of nitrogens with one attached hydrogen (secondary N) is 1. The van der Waals surface area contributed by atoms with E-state index in [4.69, 9.17) is 17.3 Å². The molecule has 0 aliphatic carbocycles. The Morgan fingerprint density at radius 3 is 2.56 bits per heavy atom. The van der Waals surface area contributed by atoms with Gasteiger partial charge < -0.3 is 11.1 Å². The molecule has 2 rings (SSSR count). The SMILES string of the molecule is CCc1nc(SCC(=O)N[C@@H](C)CC)nc(N)c1-c1ccc(Cl)cc1. The van der Waals surface area contributed by atoms with Crippen LogP contribution in [0.3, 0.4) is 0 Å². The van der Waals surface area contributed by atoms with E-state index < -0.39 is 0 Å². The molecule has 1 aromatic heterocycles. The zero-order valence-electron chi connectivity index (χ0n) is 14.7. The standard InChI is InChI=1S/C18H23ClN4OS/c1-4-11(3)21-15(24)10-25-18-22-14(5-2)16(17(20)23-18)12-6-8-13(19)9-7-12/h6-9,11H,4-5,10H2,1-3H3,(H,21,24)(H2,20,22,23)/t11-/m0/s1. The summed E-state index contributed by atoms with van der Waals surface area (Å²) in [6.07, 6.45) is 1.62. The fraction of sp³-hybridized carbons (Fsp3) is 0.389. The number of aryl methyl sites for hydroxylation is 1. The van der Waals surface area contributed by atoms with E-state index in [1.807, 2.05) is 45.0 Å². The van der Waals surface area contributed by atoms with Gasteiger partial charge in [0.05, 0.1) is 11.4 Å². The minimum absolute atomic E-state index is 0.0265. The van der Waals surface area contributed by atoms with E-state index in [0.717, 1.165) is 29.7 Å². The van der Waals surface area contributed by atoms with Gasteiger partial charge in [-0.05, 0) is 37.5 Å². The lowest BCUT2D eigenvalue weighted by atomic mass is 10.0. The molecule has 1 amide bonds. The third-order valence-corrected chi connectivity index (χ3v) is 4.91. The van der Waals surface area contributed by atoms with Gasteiger partial charge in [-0.3, -0.25) is 4.79 Å². The number of thioether (sulfide) groups is 1. The molecule has 2 aromatic rings. The van der Waals surface area contributed by atoms with Crippen molar-refractivity contribution < 1.29 is 4.79 Å². The first-order chi connectivity index (χ1) is 11.9. The van der Waals surface area contributed by atoms with Crippen molar-refractivity contribution in [2.75, 3.05) is 11.5 Å². The van der Waals surface area contributed by atoms with Crippen LogP contribution in [0.25, 0.3) is 11.1 Å². The molecule has 0 fully saturated rings. The number of rotatable bonds is 7. The Hall–Kier alpha value is -1.79. The van der Waals surface area contributed by atoms with Crippen molar-refractivity contribution in [1.29, 1.82) is 0 Å². The number of anilines is 1. The van der Waals surface area contributed by atoms with Crippen LogP contribution >= 0.6 is 23.4 Å².